The van der Waals surface area contributed by atoms with Crippen LogP contribution in [0.3, 0.4) is 0 Å². The van der Waals surface area contributed by atoms with Crippen molar-refractivity contribution in [3.8, 4) is 0 Å². The summed E-state index contributed by atoms with van der Waals surface area (Å²) in [6.45, 7) is 2.47. The van der Waals surface area contributed by atoms with E-state index < -0.39 is 17.7 Å². The molecule has 1 unspecified atom stereocenters. The Labute approximate surface area is 116 Å². The predicted octanol–water partition coefficient (Wildman–Crippen LogP) is 3.88. The predicted molar refractivity (Wildman–Crippen MR) is 71.7 cm³/mol. The fourth-order valence-corrected chi connectivity index (χ4v) is 2.66. The molecule has 6 heteroatoms. The minimum absolute atomic E-state index is 0.00266. The first-order chi connectivity index (χ1) is 8.65. The standard InChI is InChI=1S/C12H11BrF2N2S/c1-2-16-12(9-5-18-6-17-9)10-8(14)4-3-7(13)11(10)15/h3-6,12,16H,2H2,1H3. The Morgan fingerprint density at radius 2 is 2.22 bits per heavy atom. The van der Waals surface area contributed by atoms with Crippen molar-refractivity contribution in [1.29, 1.82) is 0 Å². The number of hydrogen-bond donors (Lipinski definition) is 1. The Kier molecular flexibility index (Phi) is 4.42. The van der Waals surface area contributed by atoms with Crippen LogP contribution in [0.2, 0.25) is 0 Å². The third kappa shape index (κ3) is 2.60. The molecule has 2 aromatic rings. The maximum atomic E-state index is 14.1. The van der Waals surface area contributed by atoms with Crippen molar-refractivity contribution in [2.24, 2.45) is 0 Å². The summed E-state index contributed by atoms with van der Waals surface area (Å²) in [7, 11) is 0. The SMILES string of the molecule is CCNC(c1cscn1)c1c(F)ccc(Br)c1F. The Morgan fingerprint density at radius 3 is 2.83 bits per heavy atom. The second-order valence-electron chi connectivity index (χ2n) is 3.66. The van der Waals surface area contributed by atoms with Gasteiger partial charge < -0.3 is 5.32 Å². The highest BCUT2D eigenvalue weighted by Crippen LogP contribution is 2.30. The summed E-state index contributed by atoms with van der Waals surface area (Å²) in [4.78, 5) is 4.13. The van der Waals surface area contributed by atoms with E-state index in [1.54, 1.807) is 10.9 Å². The highest BCUT2D eigenvalue weighted by atomic mass is 79.9. The van der Waals surface area contributed by atoms with Crippen LogP contribution in [0.5, 0.6) is 0 Å². The van der Waals surface area contributed by atoms with Gasteiger partial charge in [0, 0.05) is 10.9 Å². The van der Waals surface area contributed by atoms with Crippen LogP contribution < -0.4 is 5.32 Å². The van der Waals surface area contributed by atoms with Crippen LogP contribution in [0, 0.1) is 11.6 Å². The molecule has 2 rings (SSSR count). The van der Waals surface area contributed by atoms with Gasteiger partial charge in [0.25, 0.3) is 0 Å². The molecule has 1 aromatic heterocycles. The second kappa shape index (κ2) is 5.86. The van der Waals surface area contributed by atoms with Crippen LogP contribution in [0.25, 0.3) is 0 Å². The molecule has 0 fully saturated rings. The van der Waals surface area contributed by atoms with E-state index in [0.29, 0.717) is 12.2 Å². The average molecular weight is 333 g/mol. The van der Waals surface area contributed by atoms with Crippen LogP contribution in [-0.4, -0.2) is 11.5 Å². The first-order valence-corrected chi connectivity index (χ1v) is 7.13. The molecule has 2 nitrogen and oxygen atoms in total. The topological polar surface area (TPSA) is 24.9 Å². The molecule has 0 radical (unpaired) electrons. The van der Waals surface area contributed by atoms with Crippen molar-refractivity contribution in [2.75, 3.05) is 6.54 Å². The summed E-state index contributed by atoms with van der Waals surface area (Å²) in [5.41, 5.74) is 2.27. The summed E-state index contributed by atoms with van der Waals surface area (Å²) in [6.07, 6.45) is 0. The van der Waals surface area contributed by atoms with Crippen LogP contribution in [-0.2, 0) is 0 Å². The third-order valence-electron chi connectivity index (χ3n) is 2.52. The van der Waals surface area contributed by atoms with Gasteiger partial charge in [0.05, 0.1) is 21.7 Å². The average Bonchev–Trinajstić information content (AvgIpc) is 2.87. The number of nitrogens with one attached hydrogen (secondary N) is 1. The summed E-state index contributed by atoms with van der Waals surface area (Å²) in [5, 5.41) is 4.84. The molecular formula is C12H11BrF2N2S. The van der Waals surface area contributed by atoms with Crippen molar-refractivity contribution < 1.29 is 8.78 Å². The lowest BCUT2D eigenvalue weighted by Gasteiger charge is -2.18. The van der Waals surface area contributed by atoms with Crippen molar-refractivity contribution in [3.63, 3.8) is 0 Å². The summed E-state index contributed by atoms with van der Waals surface area (Å²) in [6, 6.07) is 2.04. The van der Waals surface area contributed by atoms with Gasteiger partial charge in [-0.3, -0.25) is 0 Å². The van der Waals surface area contributed by atoms with E-state index in [2.05, 4.69) is 26.2 Å². The van der Waals surface area contributed by atoms with E-state index in [1.807, 2.05) is 6.92 Å². The molecule has 1 N–H and O–H groups in total. The molecule has 96 valence electrons. The van der Waals surface area contributed by atoms with Crippen LogP contribution >= 0.6 is 27.3 Å². The minimum Gasteiger partial charge on any atom is -0.305 e. The Bertz CT molecular complexity index is 531. The van der Waals surface area contributed by atoms with E-state index in [-0.39, 0.29) is 10.0 Å². The zero-order chi connectivity index (χ0) is 13.1. The maximum absolute atomic E-state index is 14.1. The second-order valence-corrected chi connectivity index (χ2v) is 5.23. The quantitative estimate of drug-likeness (QED) is 0.859. The largest absolute Gasteiger partial charge is 0.305 e. The van der Waals surface area contributed by atoms with Crippen LogP contribution in [0.4, 0.5) is 8.78 Å². The van der Waals surface area contributed by atoms with Gasteiger partial charge in [0.1, 0.15) is 11.6 Å². The molecule has 0 aliphatic heterocycles. The van der Waals surface area contributed by atoms with E-state index in [4.69, 9.17) is 0 Å². The number of thiazole rings is 1. The van der Waals surface area contributed by atoms with E-state index in [1.165, 1.54) is 23.5 Å². The number of hydrogen-bond acceptors (Lipinski definition) is 3. The van der Waals surface area contributed by atoms with Crippen molar-refractivity contribution in [2.45, 2.75) is 13.0 Å². The van der Waals surface area contributed by atoms with Gasteiger partial charge in [-0.05, 0) is 34.6 Å². The van der Waals surface area contributed by atoms with Crippen molar-refractivity contribution in [3.05, 3.63) is 50.4 Å². The third-order valence-corrected chi connectivity index (χ3v) is 3.74. The van der Waals surface area contributed by atoms with Crippen molar-refractivity contribution in [1.82, 2.24) is 10.3 Å². The maximum Gasteiger partial charge on any atom is 0.145 e. The number of nitrogens with zero attached hydrogens (tertiary/aromatic N) is 1. The zero-order valence-electron chi connectivity index (χ0n) is 9.58. The van der Waals surface area contributed by atoms with Gasteiger partial charge in [0.2, 0.25) is 0 Å². The fourth-order valence-electron chi connectivity index (χ4n) is 1.73. The van der Waals surface area contributed by atoms with Gasteiger partial charge in [-0.25, -0.2) is 13.8 Å². The first-order valence-electron chi connectivity index (χ1n) is 5.40. The number of halogens is 3. The Balaban J connectivity index is 2.52. The molecule has 0 aliphatic rings. The minimum atomic E-state index is -0.589. The Hall–Kier alpha value is -0.850. The molecule has 1 aromatic carbocycles. The molecule has 0 saturated carbocycles. The van der Waals surface area contributed by atoms with Gasteiger partial charge in [0.15, 0.2) is 0 Å². The lowest BCUT2D eigenvalue weighted by atomic mass is 10.0. The smallest absolute Gasteiger partial charge is 0.145 e. The molecular weight excluding hydrogens is 322 g/mol. The zero-order valence-corrected chi connectivity index (χ0v) is 12.0. The summed E-state index contributed by atoms with van der Waals surface area (Å²) in [5.74, 6) is -1.16. The summed E-state index contributed by atoms with van der Waals surface area (Å²) >= 11 is 4.47. The van der Waals surface area contributed by atoms with Crippen LogP contribution in [0.15, 0.2) is 27.5 Å². The highest BCUT2D eigenvalue weighted by molar-refractivity contribution is 9.10. The van der Waals surface area contributed by atoms with Gasteiger partial charge >= 0.3 is 0 Å². The molecule has 0 bridgehead atoms. The lowest BCUT2D eigenvalue weighted by molar-refractivity contribution is 0.503. The van der Waals surface area contributed by atoms with Crippen LogP contribution in [0.1, 0.15) is 24.2 Å². The Morgan fingerprint density at radius 1 is 1.44 bits per heavy atom. The molecule has 1 heterocycles. The lowest BCUT2D eigenvalue weighted by Crippen LogP contribution is -2.24. The number of rotatable bonds is 4. The molecule has 0 saturated heterocycles. The van der Waals surface area contributed by atoms with Gasteiger partial charge in [-0.15, -0.1) is 11.3 Å². The number of benzene rings is 1. The molecule has 18 heavy (non-hydrogen) atoms. The summed E-state index contributed by atoms with van der Waals surface area (Å²) < 4.78 is 28.2. The van der Waals surface area contributed by atoms with Crippen molar-refractivity contribution >= 4 is 27.3 Å². The van der Waals surface area contributed by atoms with E-state index in [9.17, 15) is 8.78 Å². The van der Waals surface area contributed by atoms with E-state index >= 15 is 0 Å². The normalized spacial score (nSPS) is 12.7. The first kappa shape index (κ1) is 13.6. The highest BCUT2D eigenvalue weighted by Gasteiger charge is 2.24. The molecule has 0 spiro atoms. The van der Waals surface area contributed by atoms with Gasteiger partial charge in [-0.1, -0.05) is 6.92 Å². The molecule has 0 amide bonds. The van der Waals surface area contributed by atoms with E-state index in [0.717, 1.165) is 0 Å². The number of aromatic nitrogens is 1. The van der Waals surface area contributed by atoms with Gasteiger partial charge in [-0.2, -0.15) is 0 Å². The molecule has 0 aliphatic carbocycles. The fraction of sp³-hybridized carbons (Fsp3) is 0.250. The molecule has 1 atom stereocenters. The monoisotopic (exact) mass is 332 g/mol.